The number of benzene rings is 3. The standard InChI is InChI=1S/C25H18N2O4S/c1-30-19-11-6-8-17(14-19)27-24(28)22-21(15-32-23(22)26-25(27)29)16-7-5-12-20(13-16)31-18-9-3-2-4-10-18/h2-15H,1H3,(H,26,29). The van der Waals surface area contributed by atoms with E-state index in [2.05, 4.69) is 4.98 Å². The average molecular weight is 442 g/mol. The predicted molar refractivity (Wildman–Crippen MR) is 127 cm³/mol. The number of H-pyrrole nitrogens is 1. The highest BCUT2D eigenvalue weighted by Crippen LogP contribution is 2.33. The molecule has 2 aromatic heterocycles. The Balaban J connectivity index is 1.64. The SMILES string of the molecule is COc1cccc(-n2c(=O)[nH]c3scc(-c4cccc(Oc5ccccc5)c4)c3c2=O)c1. The van der Waals surface area contributed by atoms with Crippen LogP contribution < -0.4 is 20.7 Å². The van der Waals surface area contributed by atoms with Crippen molar-refractivity contribution in [2.75, 3.05) is 7.11 Å². The lowest BCUT2D eigenvalue weighted by atomic mass is 10.1. The molecular weight excluding hydrogens is 424 g/mol. The number of hydrogen-bond acceptors (Lipinski definition) is 5. The molecule has 0 unspecified atom stereocenters. The first kappa shape index (κ1) is 19.8. The molecule has 0 aliphatic heterocycles. The van der Waals surface area contributed by atoms with Crippen molar-refractivity contribution in [1.82, 2.24) is 9.55 Å². The highest BCUT2D eigenvalue weighted by Gasteiger charge is 2.17. The normalized spacial score (nSPS) is 10.9. The van der Waals surface area contributed by atoms with E-state index in [0.29, 0.717) is 27.4 Å². The fourth-order valence-electron chi connectivity index (χ4n) is 3.57. The van der Waals surface area contributed by atoms with Crippen LogP contribution in [0.2, 0.25) is 0 Å². The van der Waals surface area contributed by atoms with Gasteiger partial charge in [-0.25, -0.2) is 9.36 Å². The summed E-state index contributed by atoms with van der Waals surface area (Å²) in [5.74, 6) is 1.94. The summed E-state index contributed by atoms with van der Waals surface area (Å²) >= 11 is 1.32. The number of para-hydroxylation sites is 1. The fourth-order valence-corrected chi connectivity index (χ4v) is 4.52. The molecule has 0 saturated carbocycles. The van der Waals surface area contributed by atoms with Crippen LogP contribution >= 0.6 is 11.3 Å². The van der Waals surface area contributed by atoms with Gasteiger partial charge in [-0.15, -0.1) is 11.3 Å². The van der Waals surface area contributed by atoms with Gasteiger partial charge in [-0.05, 0) is 42.0 Å². The van der Waals surface area contributed by atoms with E-state index in [-0.39, 0.29) is 5.56 Å². The molecule has 5 rings (SSSR count). The maximum absolute atomic E-state index is 13.5. The second-order valence-corrected chi connectivity index (χ2v) is 7.95. The molecule has 0 amide bonds. The molecule has 0 saturated heterocycles. The predicted octanol–water partition coefficient (Wildman–Crippen LogP) is 5.21. The summed E-state index contributed by atoms with van der Waals surface area (Å²) in [5.41, 5.74) is 1.12. The molecule has 5 aromatic rings. The largest absolute Gasteiger partial charge is 0.497 e. The third-order valence-corrected chi connectivity index (χ3v) is 5.96. The highest BCUT2D eigenvalue weighted by atomic mass is 32.1. The number of aromatic amines is 1. The molecule has 0 spiro atoms. The number of hydrogen-bond donors (Lipinski definition) is 1. The molecule has 0 bridgehead atoms. The van der Waals surface area contributed by atoms with E-state index >= 15 is 0 Å². The Morgan fingerprint density at radius 3 is 2.41 bits per heavy atom. The molecule has 0 radical (unpaired) electrons. The quantitative estimate of drug-likeness (QED) is 0.406. The van der Waals surface area contributed by atoms with E-state index in [4.69, 9.17) is 9.47 Å². The second-order valence-electron chi connectivity index (χ2n) is 7.07. The Morgan fingerprint density at radius 2 is 1.59 bits per heavy atom. The number of aromatic nitrogens is 2. The van der Waals surface area contributed by atoms with Crippen LogP contribution in [0.5, 0.6) is 17.2 Å². The van der Waals surface area contributed by atoms with Gasteiger partial charge in [0, 0.05) is 17.0 Å². The Kier molecular flexibility index (Phi) is 5.09. The minimum absolute atomic E-state index is 0.386. The minimum Gasteiger partial charge on any atom is -0.497 e. The molecule has 1 N–H and O–H groups in total. The van der Waals surface area contributed by atoms with Crippen molar-refractivity contribution in [2.45, 2.75) is 0 Å². The number of methoxy groups -OCH3 is 1. The molecule has 2 heterocycles. The molecule has 158 valence electrons. The maximum Gasteiger partial charge on any atom is 0.334 e. The summed E-state index contributed by atoms with van der Waals surface area (Å²) in [7, 11) is 1.54. The van der Waals surface area contributed by atoms with Gasteiger partial charge in [0.25, 0.3) is 5.56 Å². The number of ether oxygens (including phenoxy) is 2. The van der Waals surface area contributed by atoms with Gasteiger partial charge in [0.15, 0.2) is 0 Å². The van der Waals surface area contributed by atoms with Crippen molar-refractivity contribution in [3.05, 3.63) is 105 Å². The summed E-state index contributed by atoms with van der Waals surface area (Å²) in [5, 5.41) is 2.33. The number of nitrogens with zero attached hydrogens (tertiary/aromatic N) is 1. The molecule has 3 aromatic carbocycles. The van der Waals surface area contributed by atoms with Crippen LogP contribution in [0, 0.1) is 0 Å². The lowest BCUT2D eigenvalue weighted by Gasteiger charge is -2.09. The molecule has 0 fully saturated rings. The van der Waals surface area contributed by atoms with Crippen molar-refractivity contribution in [3.8, 4) is 34.1 Å². The van der Waals surface area contributed by atoms with E-state index in [9.17, 15) is 9.59 Å². The molecule has 6 nitrogen and oxygen atoms in total. The molecule has 7 heteroatoms. The van der Waals surface area contributed by atoms with Crippen LogP contribution in [0.3, 0.4) is 0 Å². The number of nitrogens with one attached hydrogen (secondary N) is 1. The van der Waals surface area contributed by atoms with Crippen molar-refractivity contribution >= 4 is 21.6 Å². The zero-order valence-electron chi connectivity index (χ0n) is 17.1. The molecule has 32 heavy (non-hydrogen) atoms. The highest BCUT2D eigenvalue weighted by molar-refractivity contribution is 7.17. The molecule has 0 aliphatic rings. The third-order valence-electron chi connectivity index (χ3n) is 5.07. The van der Waals surface area contributed by atoms with E-state index in [1.807, 2.05) is 60.0 Å². The molecular formula is C25H18N2O4S. The first-order valence-corrected chi connectivity index (χ1v) is 10.8. The number of fused-ring (bicyclic) bond motifs is 1. The molecule has 0 atom stereocenters. The van der Waals surface area contributed by atoms with Gasteiger partial charge in [-0.1, -0.05) is 36.4 Å². The lowest BCUT2D eigenvalue weighted by Crippen LogP contribution is -2.33. The Bertz CT molecular complexity index is 1530. The zero-order valence-corrected chi connectivity index (χ0v) is 17.9. The van der Waals surface area contributed by atoms with E-state index in [1.54, 1.807) is 24.3 Å². The Morgan fingerprint density at radius 1 is 0.844 bits per heavy atom. The van der Waals surface area contributed by atoms with E-state index < -0.39 is 5.69 Å². The van der Waals surface area contributed by atoms with Crippen LogP contribution in [-0.4, -0.2) is 16.7 Å². The van der Waals surface area contributed by atoms with Gasteiger partial charge < -0.3 is 9.47 Å². The fraction of sp³-hybridized carbons (Fsp3) is 0.0400. The summed E-state index contributed by atoms with van der Waals surface area (Å²) < 4.78 is 12.3. The van der Waals surface area contributed by atoms with Crippen molar-refractivity contribution < 1.29 is 9.47 Å². The van der Waals surface area contributed by atoms with E-state index in [0.717, 1.165) is 21.4 Å². The van der Waals surface area contributed by atoms with Crippen LogP contribution in [0.15, 0.2) is 93.8 Å². The smallest absolute Gasteiger partial charge is 0.334 e. The number of rotatable bonds is 5. The average Bonchev–Trinajstić information content (AvgIpc) is 3.24. The van der Waals surface area contributed by atoms with E-state index in [1.165, 1.54) is 18.4 Å². The van der Waals surface area contributed by atoms with Gasteiger partial charge >= 0.3 is 5.69 Å². The van der Waals surface area contributed by atoms with Crippen LogP contribution in [0.4, 0.5) is 0 Å². The van der Waals surface area contributed by atoms with Gasteiger partial charge in [0.1, 0.15) is 22.1 Å². The topological polar surface area (TPSA) is 73.3 Å². The maximum atomic E-state index is 13.5. The van der Waals surface area contributed by atoms with Gasteiger partial charge in [0.2, 0.25) is 0 Å². The molecule has 0 aliphatic carbocycles. The van der Waals surface area contributed by atoms with Gasteiger partial charge in [-0.3, -0.25) is 9.78 Å². The summed E-state index contributed by atoms with van der Waals surface area (Å²) in [6.07, 6.45) is 0. The van der Waals surface area contributed by atoms with Crippen molar-refractivity contribution in [3.63, 3.8) is 0 Å². The van der Waals surface area contributed by atoms with Crippen LogP contribution in [0.1, 0.15) is 0 Å². The third kappa shape index (κ3) is 3.59. The minimum atomic E-state index is -0.495. The Labute approximate surface area is 186 Å². The lowest BCUT2D eigenvalue weighted by molar-refractivity contribution is 0.414. The summed E-state index contributed by atoms with van der Waals surface area (Å²) in [4.78, 5) is 29.5. The first-order chi connectivity index (χ1) is 15.6. The van der Waals surface area contributed by atoms with Gasteiger partial charge in [-0.2, -0.15) is 0 Å². The van der Waals surface area contributed by atoms with Gasteiger partial charge in [0.05, 0.1) is 18.2 Å². The zero-order chi connectivity index (χ0) is 22.1. The van der Waals surface area contributed by atoms with Crippen LogP contribution in [0.25, 0.3) is 27.0 Å². The van der Waals surface area contributed by atoms with Crippen molar-refractivity contribution in [1.29, 1.82) is 0 Å². The Hall–Kier alpha value is -4.10. The monoisotopic (exact) mass is 442 g/mol. The summed E-state index contributed by atoms with van der Waals surface area (Å²) in [6, 6.07) is 23.9. The summed E-state index contributed by atoms with van der Waals surface area (Å²) in [6.45, 7) is 0. The second kappa shape index (κ2) is 8.20. The van der Waals surface area contributed by atoms with Crippen LogP contribution in [-0.2, 0) is 0 Å². The van der Waals surface area contributed by atoms with Crippen molar-refractivity contribution in [2.24, 2.45) is 0 Å². The first-order valence-electron chi connectivity index (χ1n) is 9.88. The number of thiophene rings is 1.